The van der Waals surface area contributed by atoms with Crippen LogP contribution in [-0.2, 0) is 30.3 Å². The molecule has 0 aliphatic carbocycles. The quantitative estimate of drug-likeness (QED) is 0.136. The maximum atomic E-state index is 10.4. The highest BCUT2D eigenvalue weighted by Gasteiger charge is 2.24. The molecule has 3 aromatic heterocycles. The van der Waals surface area contributed by atoms with E-state index in [1.165, 1.54) is 28.6 Å². The molecule has 0 saturated carbocycles. The molecular formula is C33H31N5O3S. The first-order valence-electron chi connectivity index (χ1n) is 13.4. The number of benzene rings is 3. The van der Waals surface area contributed by atoms with E-state index in [1.807, 2.05) is 43.3 Å². The molecular weight excluding hydrogens is 546 g/mol. The predicted octanol–water partition coefficient (Wildman–Crippen LogP) is 5.81. The number of aromatic nitrogens is 5. The van der Waals surface area contributed by atoms with Gasteiger partial charge in [-0.25, -0.2) is 22.5 Å². The summed E-state index contributed by atoms with van der Waals surface area (Å²) in [5.74, 6) is 1.01. The predicted molar refractivity (Wildman–Crippen MR) is 167 cm³/mol. The van der Waals surface area contributed by atoms with Gasteiger partial charge in [-0.15, -0.1) is 0 Å². The Morgan fingerprint density at radius 1 is 0.905 bits per heavy atom. The summed E-state index contributed by atoms with van der Waals surface area (Å²) in [7, 11) is -2.19. The molecule has 6 rings (SSSR count). The molecule has 0 amide bonds. The second-order valence-corrected chi connectivity index (χ2v) is 11.2. The Labute approximate surface area is 245 Å². The van der Waals surface area contributed by atoms with Crippen LogP contribution >= 0.6 is 0 Å². The van der Waals surface area contributed by atoms with Gasteiger partial charge in [0.2, 0.25) is 5.82 Å². The molecule has 0 radical (unpaired) electrons. The summed E-state index contributed by atoms with van der Waals surface area (Å²) < 4.78 is 37.6. The van der Waals surface area contributed by atoms with Crippen molar-refractivity contribution in [3.05, 3.63) is 121 Å². The lowest BCUT2D eigenvalue weighted by molar-refractivity contribution is -0.665. The number of para-hydroxylation sites is 3. The van der Waals surface area contributed by atoms with Gasteiger partial charge in [-0.05, 0) is 43.3 Å². The highest BCUT2D eigenvalue weighted by molar-refractivity contribution is 7.85. The molecule has 3 heterocycles. The van der Waals surface area contributed by atoms with Gasteiger partial charge in [-0.2, -0.15) is 0 Å². The average Bonchev–Trinajstić information content (AvgIpc) is 3.44. The first-order valence-corrected chi connectivity index (χ1v) is 14.8. The molecule has 0 fully saturated rings. The van der Waals surface area contributed by atoms with Crippen molar-refractivity contribution in [2.45, 2.75) is 24.9 Å². The number of nitrogens with zero attached hydrogens (tertiary/aromatic N) is 5. The number of hydrogen-bond acceptors (Lipinski definition) is 5. The van der Waals surface area contributed by atoms with E-state index in [1.54, 1.807) is 12.1 Å². The van der Waals surface area contributed by atoms with E-state index in [4.69, 9.17) is 9.97 Å². The van der Waals surface area contributed by atoms with E-state index in [-0.39, 0.29) is 4.90 Å². The van der Waals surface area contributed by atoms with Crippen LogP contribution in [0.5, 0.6) is 0 Å². The van der Waals surface area contributed by atoms with Crippen molar-refractivity contribution < 1.29 is 17.5 Å². The highest BCUT2D eigenvalue weighted by Crippen LogP contribution is 2.23. The van der Waals surface area contributed by atoms with Crippen LogP contribution in [0.2, 0.25) is 0 Å². The van der Waals surface area contributed by atoms with Crippen molar-refractivity contribution in [2.75, 3.05) is 0 Å². The Hall–Kier alpha value is -4.86. The van der Waals surface area contributed by atoms with E-state index in [9.17, 15) is 13.0 Å². The van der Waals surface area contributed by atoms with Crippen molar-refractivity contribution in [2.24, 2.45) is 7.05 Å². The summed E-state index contributed by atoms with van der Waals surface area (Å²) in [6, 6.07) is 22.2. The van der Waals surface area contributed by atoms with Crippen molar-refractivity contribution in [3.8, 4) is 0 Å². The SMILES string of the molecule is C=CCn1c(C=Cc2cn(C)c3ccccc23)[n+](CC=C)c2nc3ccccc3nc21.Cc1ccc(S(=O)(=O)[O-])cc1. The summed E-state index contributed by atoms with van der Waals surface area (Å²) in [6.07, 6.45) is 10.2. The van der Waals surface area contributed by atoms with Gasteiger partial charge in [0, 0.05) is 35.8 Å². The van der Waals surface area contributed by atoms with Gasteiger partial charge in [0.25, 0.3) is 5.65 Å². The largest absolute Gasteiger partial charge is 0.744 e. The molecule has 0 saturated heterocycles. The standard InChI is InChI=1S/C26H24N5.C7H8O3S/c1-4-16-30-24(15-14-19-18-29(3)23-13-9-6-10-20(19)23)31(17-5-2)26-25(30)27-21-11-7-8-12-22(21)28-26;1-6-2-4-7(5-3-6)11(8,9)10/h4-15,18H,1-2,16-17H2,3H3;2-5H,1H3,(H,8,9,10)/q+1;/p-1. The zero-order valence-electron chi connectivity index (χ0n) is 23.5. The Morgan fingerprint density at radius 3 is 2.24 bits per heavy atom. The van der Waals surface area contributed by atoms with Gasteiger partial charge in [0.1, 0.15) is 15.6 Å². The van der Waals surface area contributed by atoms with E-state index in [0.717, 1.165) is 33.7 Å². The lowest BCUT2D eigenvalue weighted by Crippen LogP contribution is -2.36. The van der Waals surface area contributed by atoms with Crippen LogP contribution in [0.1, 0.15) is 17.0 Å². The molecule has 0 spiro atoms. The summed E-state index contributed by atoms with van der Waals surface area (Å²) in [5.41, 5.74) is 6.77. The number of rotatable bonds is 7. The second-order valence-electron chi connectivity index (χ2n) is 9.83. The van der Waals surface area contributed by atoms with Crippen molar-refractivity contribution in [3.63, 3.8) is 0 Å². The number of hydrogen-bond donors (Lipinski definition) is 0. The third-order valence-electron chi connectivity index (χ3n) is 6.87. The monoisotopic (exact) mass is 577 g/mol. The van der Waals surface area contributed by atoms with Crippen molar-refractivity contribution >= 4 is 55.5 Å². The topological polar surface area (TPSA) is 96.7 Å². The summed E-state index contributed by atoms with van der Waals surface area (Å²) in [5, 5.41) is 1.23. The van der Waals surface area contributed by atoms with Crippen LogP contribution in [0.4, 0.5) is 0 Å². The zero-order chi connectivity index (χ0) is 29.9. The third kappa shape index (κ3) is 5.79. The van der Waals surface area contributed by atoms with E-state index in [0.29, 0.717) is 13.1 Å². The van der Waals surface area contributed by atoms with Gasteiger partial charge < -0.3 is 9.12 Å². The fraction of sp³-hybridized carbons (Fsp3) is 0.121. The lowest BCUT2D eigenvalue weighted by atomic mass is 10.1. The van der Waals surface area contributed by atoms with E-state index >= 15 is 0 Å². The van der Waals surface area contributed by atoms with Crippen LogP contribution in [-0.4, -0.2) is 32.1 Å². The Bertz CT molecular complexity index is 2000. The Morgan fingerprint density at radius 2 is 1.57 bits per heavy atom. The maximum Gasteiger partial charge on any atom is 0.323 e. The number of aryl methyl sites for hydroxylation is 2. The second kappa shape index (κ2) is 11.9. The molecule has 42 heavy (non-hydrogen) atoms. The number of imidazole rings is 1. The van der Waals surface area contributed by atoms with Crippen molar-refractivity contribution in [1.29, 1.82) is 0 Å². The molecule has 0 N–H and O–H groups in total. The third-order valence-corrected chi connectivity index (χ3v) is 7.72. The molecule has 0 aliphatic heterocycles. The summed E-state index contributed by atoms with van der Waals surface area (Å²) in [4.78, 5) is 9.68. The van der Waals surface area contributed by atoms with Crippen LogP contribution in [0.3, 0.4) is 0 Å². The van der Waals surface area contributed by atoms with Gasteiger partial charge in [-0.1, -0.05) is 78.3 Å². The molecule has 6 aromatic rings. The van der Waals surface area contributed by atoms with Crippen molar-refractivity contribution in [1.82, 2.24) is 19.1 Å². The van der Waals surface area contributed by atoms with E-state index < -0.39 is 10.1 Å². The average molecular weight is 578 g/mol. The molecule has 0 bridgehead atoms. The smallest absolute Gasteiger partial charge is 0.323 e. The molecule has 212 valence electrons. The fourth-order valence-electron chi connectivity index (χ4n) is 4.88. The summed E-state index contributed by atoms with van der Waals surface area (Å²) in [6.45, 7) is 11.0. The fourth-order valence-corrected chi connectivity index (χ4v) is 5.35. The van der Waals surface area contributed by atoms with Gasteiger partial charge >= 0.3 is 5.65 Å². The van der Waals surface area contributed by atoms with E-state index in [2.05, 4.69) is 76.5 Å². The summed E-state index contributed by atoms with van der Waals surface area (Å²) >= 11 is 0. The number of fused-ring (bicyclic) bond motifs is 3. The van der Waals surface area contributed by atoms with Crippen LogP contribution < -0.4 is 4.57 Å². The Balaban J connectivity index is 0.000000271. The van der Waals surface area contributed by atoms with Crippen LogP contribution in [0, 0.1) is 6.92 Å². The van der Waals surface area contributed by atoms with Crippen LogP contribution in [0.25, 0.3) is 45.4 Å². The minimum absolute atomic E-state index is 0.178. The first kappa shape index (κ1) is 28.7. The molecule has 0 atom stereocenters. The van der Waals surface area contributed by atoms with Gasteiger partial charge in [0.05, 0.1) is 18.0 Å². The molecule has 8 nitrogen and oxygen atoms in total. The van der Waals surface area contributed by atoms with Gasteiger partial charge in [-0.3, -0.25) is 0 Å². The minimum atomic E-state index is -4.27. The lowest BCUT2D eigenvalue weighted by Gasteiger charge is -2.05. The zero-order valence-corrected chi connectivity index (χ0v) is 24.3. The molecule has 9 heteroatoms. The molecule has 0 unspecified atom stereocenters. The molecule has 3 aromatic carbocycles. The minimum Gasteiger partial charge on any atom is -0.744 e. The van der Waals surface area contributed by atoms with Crippen LogP contribution in [0.15, 0.2) is 109 Å². The normalized spacial score (nSPS) is 11.7. The maximum absolute atomic E-state index is 10.4. The Kier molecular flexibility index (Phi) is 8.15. The first-order chi connectivity index (χ1) is 20.2. The highest BCUT2D eigenvalue weighted by atomic mass is 32.2. The number of allylic oxidation sites excluding steroid dienone is 2. The van der Waals surface area contributed by atoms with Gasteiger partial charge in [0.15, 0.2) is 5.52 Å². The molecule has 0 aliphatic rings.